The Morgan fingerprint density at radius 1 is 1.37 bits per heavy atom. The van der Waals surface area contributed by atoms with Crippen LogP contribution in [0.2, 0.25) is 0 Å². The molecule has 19 heavy (non-hydrogen) atoms. The number of nitrogens with zero attached hydrogens (tertiary/aromatic N) is 1. The SMILES string of the molecule is CCOC(=O)c1ccc(C2CCCC2)nc1C(C)C. The van der Waals surface area contributed by atoms with Gasteiger partial charge in [-0.2, -0.15) is 0 Å². The summed E-state index contributed by atoms with van der Waals surface area (Å²) in [5, 5.41) is 0. The first kappa shape index (κ1) is 14.0. The lowest BCUT2D eigenvalue weighted by molar-refractivity contribution is 0.0524. The highest BCUT2D eigenvalue weighted by atomic mass is 16.5. The predicted molar refractivity (Wildman–Crippen MR) is 75.5 cm³/mol. The third-order valence-corrected chi connectivity index (χ3v) is 3.76. The average molecular weight is 261 g/mol. The molecule has 1 aromatic rings. The smallest absolute Gasteiger partial charge is 0.339 e. The van der Waals surface area contributed by atoms with Crippen LogP contribution in [0.3, 0.4) is 0 Å². The number of pyridine rings is 1. The number of hydrogen-bond acceptors (Lipinski definition) is 3. The minimum Gasteiger partial charge on any atom is -0.462 e. The summed E-state index contributed by atoms with van der Waals surface area (Å²) in [5.41, 5.74) is 2.65. The van der Waals surface area contributed by atoms with Gasteiger partial charge in [-0.3, -0.25) is 4.98 Å². The molecule has 1 aliphatic rings. The Morgan fingerprint density at radius 2 is 2.05 bits per heavy atom. The lowest BCUT2D eigenvalue weighted by Crippen LogP contribution is -2.12. The normalized spacial score (nSPS) is 16.0. The molecule has 1 aromatic heterocycles. The van der Waals surface area contributed by atoms with E-state index >= 15 is 0 Å². The Hall–Kier alpha value is -1.38. The van der Waals surface area contributed by atoms with Crippen molar-refractivity contribution in [3.63, 3.8) is 0 Å². The molecule has 1 heterocycles. The molecule has 0 aliphatic heterocycles. The summed E-state index contributed by atoms with van der Waals surface area (Å²) in [4.78, 5) is 16.7. The van der Waals surface area contributed by atoms with Gasteiger partial charge < -0.3 is 4.74 Å². The molecule has 104 valence electrons. The summed E-state index contributed by atoms with van der Waals surface area (Å²) < 4.78 is 5.11. The fraction of sp³-hybridized carbons (Fsp3) is 0.625. The largest absolute Gasteiger partial charge is 0.462 e. The zero-order valence-electron chi connectivity index (χ0n) is 12.1. The fourth-order valence-corrected chi connectivity index (χ4v) is 2.76. The molecular formula is C16H23NO2. The Bertz CT molecular complexity index is 448. The molecule has 0 amide bonds. The zero-order valence-corrected chi connectivity index (χ0v) is 12.1. The van der Waals surface area contributed by atoms with Crippen LogP contribution in [-0.2, 0) is 4.74 Å². The minimum absolute atomic E-state index is 0.237. The molecule has 1 saturated carbocycles. The van der Waals surface area contributed by atoms with Gasteiger partial charge in [0.2, 0.25) is 0 Å². The summed E-state index contributed by atoms with van der Waals surface area (Å²) >= 11 is 0. The molecule has 0 bridgehead atoms. The Kier molecular flexibility index (Phi) is 4.56. The van der Waals surface area contributed by atoms with E-state index in [1.54, 1.807) is 0 Å². The lowest BCUT2D eigenvalue weighted by Gasteiger charge is -2.15. The maximum absolute atomic E-state index is 11.9. The van der Waals surface area contributed by atoms with Gasteiger partial charge in [-0.15, -0.1) is 0 Å². The van der Waals surface area contributed by atoms with E-state index in [2.05, 4.69) is 13.8 Å². The van der Waals surface area contributed by atoms with Crippen molar-refractivity contribution in [1.29, 1.82) is 0 Å². The van der Waals surface area contributed by atoms with Crippen LogP contribution in [0.5, 0.6) is 0 Å². The van der Waals surface area contributed by atoms with E-state index in [9.17, 15) is 4.79 Å². The molecule has 0 N–H and O–H groups in total. The molecule has 0 radical (unpaired) electrons. The first-order valence-corrected chi connectivity index (χ1v) is 7.31. The van der Waals surface area contributed by atoms with Crippen molar-refractivity contribution >= 4 is 5.97 Å². The lowest BCUT2D eigenvalue weighted by atomic mass is 9.98. The van der Waals surface area contributed by atoms with Gasteiger partial charge in [0.05, 0.1) is 17.9 Å². The third kappa shape index (κ3) is 3.14. The van der Waals surface area contributed by atoms with Crippen molar-refractivity contribution in [3.05, 3.63) is 29.1 Å². The third-order valence-electron chi connectivity index (χ3n) is 3.76. The van der Waals surface area contributed by atoms with Gasteiger partial charge in [0.15, 0.2) is 0 Å². The fourth-order valence-electron chi connectivity index (χ4n) is 2.76. The van der Waals surface area contributed by atoms with E-state index in [0.717, 1.165) is 11.4 Å². The van der Waals surface area contributed by atoms with Crippen molar-refractivity contribution in [3.8, 4) is 0 Å². The first-order chi connectivity index (χ1) is 9.13. The molecule has 3 heteroatoms. The van der Waals surface area contributed by atoms with Gasteiger partial charge >= 0.3 is 5.97 Å². The Labute approximate surface area is 115 Å². The predicted octanol–water partition coefficient (Wildman–Crippen LogP) is 4.04. The van der Waals surface area contributed by atoms with Gasteiger partial charge in [0, 0.05) is 11.6 Å². The Balaban J connectivity index is 2.31. The molecule has 1 aliphatic carbocycles. The standard InChI is InChI=1S/C16H23NO2/c1-4-19-16(18)13-9-10-14(12-7-5-6-8-12)17-15(13)11(2)3/h9-12H,4-8H2,1-3H3. The second-order valence-electron chi connectivity index (χ2n) is 5.53. The zero-order chi connectivity index (χ0) is 13.8. The summed E-state index contributed by atoms with van der Waals surface area (Å²) in [6.07, 6.45) is 5.04. The van der Waals surface area contributed by atoms with Gasteiger partial charge in [0.25, 0.3) is 0 Å². The van der Waals surface area contributed by atoms with Crippen LogP contribution in [0.25, 0.3) is 0 Å². The van der Waals surface area contributed by atoms with E-state index in [0.29, 0.717) is 18.1 Å². The number of hydrogen-bond donors (Lipinski definition) is 0. The van der Waals surface area contributed by atoms with Crippen LogP contribution < -0.4 is 0 Å². The van der Waals surface area contributed by atoms with E-state index in [-0.39, 0.29) is 11.9 Å². The number of carbonyl (C=O) groups is 1. The average Bonchev–Trinajstić information content (AvgIpc) is 2.92. The highest BCUT2D eigenvalue weighted by Crippen LogP contribution is 2.34. The number of aromatic nitrogens is 1. The molecule has 0 saturated heterocycles. The number of ether oxygens (including phenoxy) is 1. The quantitative estimate of drug-likeness (QED) is 0.768. The van der Waals surface area contributed by atoms with Crippen molar-refractivity contribution in [2.75, 3.05) is 6.61 Å². The number of rotatable bonds is 4. The topological polar surface area (TPSA) is 39.2 Å². The maximum Gasteiger partial charge on any atom is 0.339 e. The van der Waals surface area contributed by atoms with Crippen LogP contribution in [0.15, 0.2) is 12.1 Å². The van der Waals surface area contributed by atoms with Gasteiger partial charge in [0.1, 0.15) is 0 Å². The van der Waals surface area contributed by atoms with Crippen molar-refractivity contribution in [2.24, 2.45) is 0 Å². The first-order valence-electron chi connectivity index (χ1n) is 7.31. The van der Waals surface area contributed by atoms with Crippen LogP contribution in [0.4, 0.5) is 0 Å². The van der Waals surface area contributed by atoms with E-state index in [1.807, 2.05) is 19.1 Å². The molecular weight excluding hydrogens is 238 g/mol. The molecule has 0 atom stereocenters. The van der Waals surface area contributed by atoms with Crippen molar-refractivity contribution in [2.45, 2.75) is 58.3 Å². The van der Waals surface area contributed by atoms with E-state index in [1.165, 1.54) is 25.7 Å². The summed E-state index contributed by atoms with van der Waals surface area (Å²) in [6.45, 7) is 6.38. The summed E-state index contributed by atoms with van der Waals surface area (Å²) in [6, 6.07) is 3.90. The molecule has 2 rings (SSSR count). The molecule has 1 fully saturated rings. The van der Waals surface area contributed by atoms with Crippen LogP contribution in [0.1, 0.15) is 80.0 Å². The minimum atomic E-state index is -0.253. The molecule has 0 aromatic carbocycles. The van der Waals surface area contributed by atoms with E-state index in [4.69, 9.17) is 9.72 Å². The molecule has 0 unspecified atom stereocenters. The maximum atomic E-state index is 11.9. The van der Waals surface area contributed by atoms with E-state index < -0.39 is 0 Å². The van der Waals surface area contributed by atoms with Crippen molar-refractivity contribution < 1.29 is 9.53 Å². The van der Waals surface area contributed by atoms with Gasteiger partial charge in [-0.1, -0.05) is 26.7 Å². The Morgan fingerprint density at radius 3 is 2.63 bits per heavy atom. The van der Waals surface area contributed by atoms with Crippen LogP contribution >= 0.6 is 0 Å². The highest BCUT2D eigenvalue weighted by molar-refractivity contribution is 5.90. The summed E-state index contributed by atoms with van der Waals surface area (Å²) in [5.74, 6) is 0.561. The number of esters is 1. The molecule has 0 spiro atoms. The second-order valence-corrected chi connectivity index (χ2v) is 5.53. The highest BCUT2D eigenvalue weighted by Gasteiger charge is 2.22. The van der Waals surface area contributed by atoms with Gasteiger partial charge in [-0.05, 0) is 37.8 Å². The van der Waals surface area contributed by atoms with Crippen LogP contribution in [0, 0.1) is 0 Å². The van der Waals surface area contributed by atoms with Gasteiger partial charge in [-0.25, -0.2) is 4.79 Å². The second kappa shape index (κ2) is 6.18. The number of carbonyl (C=O) groups excluding carboxylic acids is 1. The molecule has 3 nitrogen and oxygen atoms in total. The summed E-state index contributed by atoms with van der Waals surface area (Å²) in [7, 11) is 0. The van der Waals surface area contributed by atoms with Crippen molar-refractivity contribution in [1.82, 2.24) is 4.98 Å². The monoisotopic (exact) mass is 261 g/mol. The van der Waals surface area contributed by atoms with Crippen LogP contribution in [-0.4, -0.2) is 17.6 Å².